The third-order valence-corrected chi connectivity index (χ3v) is 4.75. The molecule has 0 saturated heterocycles. The topological polar surface area (TPSA) is 89.2 Å². The second-order valence-corrected chi connectivity index (χ2v) is 6.90. The number of carbonyl (C=O) groups excluding carboxylic acids is 2. The van der Waals surface area contributed by atoms with E-state index in [2.05, 4.69) is 10.6 Å². The number of nitrogen functional groups attached to an aromatic ring is 1. The molecule has 2 amide bonds. The summed E-state index contributed by atoms with van der Waals surface area (Å²) >= 11 is 0. The molecule has 146 valence electrons. The van der Waals surface area contributed by atoms with Gasteiger partial charge in [0.1, 0.15) is 0 Å². The van der Waals surface area contributed by atoms with Crippen molar-refractivity contribution in [3.63, 3.8) is 0 Å². The lowest BCUT2D eigenvalue weighted by atomic mass is 10.1. The summed E-state index contributed by atoms with van der Waals surface area (Å²) in [4.78, 5) is 24.2. The maximum Gasteiger partial charge on any atom is 0.251 e. The summed E-state index contributed by atoms with van der Waals surface area (Å²) in [5, 5.41) is 6.82. The van der Waals surface area contributed by atoms with Crippen LogP contribution in [0.3, 0.4) is 0 Å². The summed E-state index contributed by atoms with van der Waals surface area (Å²) in [5.41, 5.74) is 8.79. The minimum Gasteiger partial charge on any atom is -0.397 e. The molecule has 6 heteroatoms. The highest BCUT2D eigenvalue weighted by atomic mass is 16.2. The monoisotopic (exact) mass is 378 g/mol. The highest BCUT2D eigenvalue weighted by Crippen LogP contribution is 2.18. The van der Waals surface area contributed by atoms with Gasteiger partial charge in [0.25, 0.3) is 5.91 Å². The number of aromatic nitrogens is 1. The largest absolute Gasteiger partial charge is 0.397 e. The SMILES string of the molecule is Cn1ccc2cc(C(=O)NCCCCCC(=O)Nc3ccccc3N)ccc21. The van der Waals surface area contributed by atoms with Gasteiger partial charge in [-0.3, -0.25) is 9.59 Å². The Hall–Kier alpha value is -3.28. The van der Waals surface area contributed by atoms with E-state index < -0.39 is 0 Å². The number of hydrogen-bond acceptors (Lipinski definition) is 3. The molecule has 0 atom stereocenters. The average molecular weight is 378 g/mol. The molecular weight excluding hydrogens is 352 g/mol. The predicted octanol–water partition coefficient (Wildman–Crippen LogP) is 3.69. The van der Waals surface area contributed by atoms with Crippen molar-refractivity contribution >= 4 is 34.1 Å². The number of anilines is 2. The Morgan fingerprint density at radius 3 is 2.68 bits per heavy atom. The molecule has 1 aromatic heterocycles. The zero-order valence-electron chi connectivity index (χ0n) is 16.1. The van der Waals surface area contributed by atoms with Crippen LogP contribution in [0, 0.1) is 0 Å². The van der Waals surface area contributed by atoms with Crippen molar-refractivity contribution in [3.05, 3.63) is 60.3 Å². The van der Waals surface area contributed by atoms with Crippen LogP contribution in [-0.2, 0) is 11.8 Å². The van der Waals surface area contributed by atoms with Gasteiger partial charge in [-0.1, -0.05) is 18.6 Å². The number of fused-ring (bicyclic) bond motifs is 1. The predicted molar refractivity (Wildman–Crippen MR) is 113 cm³/mol. The third kappa shape index (κ3) is 4.91. The maximum atomic E-state index is 12.3. The number of benzene rings is 2. The second kappa shape index (κ2) is 9.08. The average Bonchev–Trinajstić information content (AvgIpc) is 3.06. The molecule has 4 N–H and O–H groups in total. The van der Waals surface area contributed by atoms with Crippen LogP contribution in [0.5, 0.6) is 0 Å². The summed E-state index contributed by atoms with van der Waals surface area (Å²) in [6, 6.07) is 14.9. The zero-order chi connectivity index (χ0) is 19.9. The van der Waals surface area contributed by atoms with E-state index in [9.17, 15) is 9.59 Å². The van der Waals surface area contributed by atoms with E-state index in [0.29, 0.717) is 29.9 Å². The van der Waals surface area contributed by atoms with Gasteiger partial charge >= 0.3 is 0 Å². The Bertz CT molecular complexity index is 978. The molecule has 2 aromatic carbocycles. The molecule has 0 aliphatic carbocycles. The molecule has 3 rings (SSSR count). The lowest BCUT2D eigenvalue weighted by Crippen LogP contribution is -2.24. The van der Waals surface area contributed by atoms with E-state index in [1.165, 1.54) is 0 Å². The van der Waals surface area contributed by atoms with Gasteiger partial charge in [0, 0.05) is 42.7 Å². The number of hydrogen-bond donors (Lipinski definition) is 3. The lowest BCUT2D eigenvalue weighted by molar-refractivity contribution is -0.116. The Morgan fingerprint density at radius 2 is 1.86 bits per heavy atom. The molecular formula is C22H26N4O2. The summed E-state index contributed by atoms with van der Waals surface area (Å²) in [6.45, 7) is 0.596. The van der Waals surface area contributed by atoms with Crippen LogP contribution in [0.2, 0.25) is 0 Å². The highest BCUT2D eigenvalue weighted by molar-refractivity contribution is 5.98. The van der Waals surface area contributed by atoms with E-state index in [1.54, 1.807) is 12.1 Å². The number of unbranched alkanes of at least 4 members (excludes halogenated alkanes) is 2. The molecule has 0 unspecified atom stereocenters. The van der Waals surface area contributed by atoms with Crippen LogP contribution < -0.4 is 16.4 Å². The van der Waals surface area contributed by atoms with Crippen molar-refractivity contribution in [1.29, 1.82) is 0 Å². The minimum absolute atomic E-state index is 0.0434. The van der Waals surface area contributed by atoms with Crippen molar-refractivity contribution in [3.8, 4) is 0 Å². The molecule has 1 heterocycles. The highest BCUT2D eigenvalue weighted by Gasteiger charge is 2.08. The van der Waals surface area contributed by atoms with E-state index in [4.69, 9.17) is 5.73 Å². The van der Waals surface area contributed by atoms with E-state index in [1.807, 2.05) is 54.2 Å². The number of para-hydroxylation sites is 2. The van der Waals surface area contributed by atoms with Gasteiger partial charge < -0.3 is 20.9 Å². The summed E-state index contributed by atoms with van der Waals surface area (Å²) in [5.74, 6) is -0.110. The van der Waals surface area contributed by atoms with Crippen molar-refractivity contribution in [2.24, 2.45) is 7.05 Å². The molecule has 0 fully saturated rings. The van der Waals surface area contributed by atoms with Gasteiger partial charge in [-0.15, -0.1) is 0 Å². The van der Waals surface area contributed by atoms with Crippen LogP contribution in [-0.4, -0.2) is 22.9 Å². The Balaban J connectivity index is 1.34. The molecule has 0 aliphatic rings. The molecule has 0 radical (unpaired) electrons. The maximum absolute atomic E-state index is 12.3. The van der Waals surface area contributed by atoms with Gasteiger partial charge in [-0.2, -0.15) is 0 Å². The van der Waals surface area contributed by atoms with Gasteiger partial charge in [0.2, 0.25) is 5.91 Å². The Labute approximate surface area is 164 Å². The Kier molecular flexibility index (Phi) is 6.32. The molecule has 0 spiro atoms. The van der Waals surface area contributed by atoms with Gasteiger partial charge in [0.15, 0.2) is 0 Å². The van der Waals surface area contributed by atoms with Gasteiger partial charge in [-0.05, 0) is 49.2 Å². The first-order valence-corrected chi connectivity index (χ1v) is 9.52. The van der Waals surface area contributed by atoms with Crippen molar-refractivity contribution in [2.75, 3.05) is 17.6 Å². The van der Waals surface area contributed by atoms with Crippen LogP contribution in [0.25, 0.3) is 10.9 Å². The number of rotatable bonds is 8. The lowest BCUT2D eigenvalue weighted by Gasteiger charge is -2.08. The van der Waals surface area contributed by atoms with Crippen molar-refractivity contribution < 1.29 is 9.59 Å². The minimum atomic E-state index is -0.0666. The van der Waals surface area contributed by atoms with Crippen LogP contribution in [0.4, 0.5) is 11.4 Å². The second-order valence-electron chi connectivity index (χ2n) is 6.90. The smallest absolute Gasteiger partial charge is 0.251 e. The molecule has 6 nitrogen and oxygen atoms in total. The summed E-state index contributed by atoms with van der Waals surface area (Å²) in [6.07, 6.45) is 4.89. The standard InChI is InChI=1S/C22H26N4O2/c1-26-14-12-16-15-17(10-11-20(16)26)22(28)24-13-6-2-3-9-21(27)25-19-8-5-4-7-18(19)23/h4-5,7-8,10-12,14-15H,2-3,6,9,13,23H2,1H3,(H,24,28)(H,25,27). The van der Waals surface area contributed by atoms with E-state index in [-0.39, 0.29) is 11.8 Å². The van der Waals surface area contributed by atoms with Gasteiger partial charge in [-0.25, -0.2) is 0 Å². The van der Waals surface area contributed by atoms with Crippen molar-refractivity contribution in [2.45, 2.75) is 25.7 Å². The van der Waals surface area contributed by atoms with Gasteiger partial charge in [0.05, 0.1) is 11.4 Å². The van der Waals surface area contributed by atoms with E-state index >= 15 is 0 Å². The molecule has 3 aromatic rings. The van der Waals surface area contributed by atoms with E-state index in [0.717, 1.165) is 30.2 Å². The first-order valence-electron chi connectivity index (χ1n) is 9.52. The first kappa shape index (κ1) is 19.5. The number of nitrogens with zero attached hydrogens (tertiary/aromatic N) is 1. The fraction of sp³-hybridized carbons (Fsp3) is 0.273. The molecule has 0 bridgehead atoms. The molecule has 0 aliphatic heterocycles. The number of aryl methyl sites for hydroxylation is 1. The third-order valence-electron chi connectivity index (χ3n) is 4.75. The number of amides is 2. The Morgan fingerprint density at radius 1 is 1.04 bits per heavy atom. The molecule has 0 saturated carbocycles. The first-order chi connectivity index (χ1) is 13.5. The van der Waals surface area contributed by atoms with Crippen LogP contribution >= 0.6 is 0 Å². The molecule has 28 heavy (non-hydrogen) atoms. The quantitative estimate of drug-likeness (QED) is 0.412. The van der Waals surface area contributed by atoms with Crippen LogP contribution in [0.15, 0.2) is 54.7 Å². The number of nitrogens with two attached hydrogens (primary N) is 1. The van der Waals surface area contributed by atoms with Crippen LogP contribution in [0.1, 0.15) is 36.0 Å². The number of carbonyl (C=O) groups is 2. The fourth-order valence-corrected chi connectivity index (χ4v) is 3.14. The van der Waals surface area contributed by atoms with Crippen molar-refractivity contribution in [1.82, 2.24) is 9.88 Å². The normalized spacial score (nSPS) is 10.8. The summed E-state index contributed by atoms with van der Waals surface area (Å²) in [7, 11) is 1.98. The zero-order valence-corrected chi connectivity index (χ0v) is 16.1. The fourth-order valence-electron chi connectivity index (χ4n) is 3.14. The summed E-state index contributed by atoms with van der Waals surface area (Å²) < 4.78 is 2.03. The number of nitrogens with one attached hydrogen (secondary N) is 2.